The van der Waals surface area contributed by atoms with Crippen molar-refractivity contribution in [3.63, 3.8) is 0 Å². The summed E-state index contributed by atoms with van der Waals surface area (Å²) in [6, 6.07) is 11.9. The fourth-order valence-electron chi connectivity index (χ4n) is 2.64. The molecule has 0 atom stereocenters. The van der Waals surface area contributed by atoms with E-state index in [1.54, 1.807) is 54.6 Å². The van der Waals surface area contributed by atoms with Crippen molar-refractivity contribution >= 4 is 30.3 Å². The summed E-state index contributed by atoms with van der Waals surface area (Å²) in [7, 11) is 2.99. The average Bonchev–Trinajstić information content (AvgIpc) is 2.72. The molecule has 2 aromatic carbocycles. The van der Waals surface area contributed by atoms with E-state index >= 15 is 0 Å². The zero-order chi connectivity index (χ0) is 20.8. The average molecular weight is 391 g/mol. The highest BCUT2D eigenvalue weighted by atomic mass is 16.5. The molecule has 29 heavy (non-hydrogen) atoms. The molecule has 0 aliphatic rings. The van der Waals surface area contributed by atoms with Crippen LogP contribution in [-0.2, 0) is 0 Å². The normalized spacial score (nSPS) is 11.2. The summed E-state index contributed by atoms with van der Waals surface area (Å²) in [4.78, 5) is 8.43. The summed E-state index contributed by atoms with van der Waals surface area (Å²) in [5.74, 6) is 1.09. The lowest BCUT2D eigenvalue weighted by molar-refractivity contribution is 0.373. The SMILES string of the molecule is COc1cc(/C=C/c2cc(/C=C/c3ccc(O)c(OC)c3)nc(N)n2)ccc1O. The molecule has 0 aliphatic heterocycles. The number of nitrogens with two attached hydrogens (primary N) is 1. The Labute approximate surface area is 168 Å². The first-order valence-electron chi connectivity index (χ1n) is 8.73. The molecule has 7 nitrogen and oxygen atoms in total. The molecular weight excluding hydrogens is 370 g/mol. The van der Waals surface area contributed by atoms with Crippen LogP contribution in [0.15, 0.2) is 42.5 Å². The molecule has 0 unspecified atom stereocenters. The zero-order valence-electron chi connectivity index (χ0n) is 16.0. The highest BCUT2D eigenvalue weighted by Gasteiger charge is 2.03. The van der Waals surface area contributed by atoms with Crippen LogP contribution in [0.4, 0.5) is 5.95 Å². The van der Waals surface area contributed by atoms with Crippen LogP contribution in [0.3, 0.4) is 0 Å². The molecule has 0 saturated carbocycles. The smallest absolute Gasteiger partial charge is 0.221 e. The third kappa shape index (κ3) is 5.04. The summed E-state index contributed by atoms with van der Waals surface area (Å²) in [5.41, 5.74) is 8.77. The Balaban J connectivity index is 1.83. The Morgan fingerprint density at radius 1 is 0.724 bits per heavy atom. The third-order valence-electron chi connectivity index (χ3n) is 4.08. The Morgan fingerprint density at radius 3 is 1.59 bits per heavy atom. The van der Waals surface area contributed by atoms with Gasteiger partial charge in [0.2, 0.25) is 5.95 Å². The number of phenolic OH excluding ortho intramolecular Hbond substituents is 2. The number of aromatic hydroxyl groups is 2. The fourth-order valence-corrected chi connectivity index (χ4v) is 2.64. The van der Waals surface area contributed by atoms with Crippen LogP contribution in [0.5, 0.6) is 23.0 Å². The van der Waals surface area contributed by atoms with Crippen LogP contribution in [-0.4, -0.2) is 34.4 Å². The van der Waals surface area contributed by atoms with E-state index in [2.05, 4.69) is 9.97 Å². The van der Waals surface area contributed by atoms with E-state index in [1.165, 1.54) is 14.2 Å². The highest BCUT2D eigenvalue weighted by Crippen LogP contribution is 2.28. The van der Waals surface area contributed by atoms with Crippen LogP contribution >= 0.6 is 0 Å². The molecule has 148 valence electrons. The molecule has 0 aliphatic carbocycles. The molecule has 0 fully saturated rings. The number of benzene rings is 2. The van der Waals surface area contributed by atoms with Crippen molar-refractivity contribution in [3.8, 4) is 23.0 Å². The van der Waals surface area contributed by atoms with Crippen LogP contribution in [0.2, 0.25) is 0 Å². The number of hydrogen-bond acceptors (Lipinski definition) is 7. The van der Waals surface area contributed by atoms with Gasteiger partial charge in [-0.15, -0.1) is 0 Å². The second kappa shape index (κ2) is 8.79. The van der Waals surface area contributed by atoms with Gasteiger partial charge in [0, 0.05) is 0 Å². The van der Waals surface area contributed by atoms with Crippen LogP contribution < -0.4 is 15.2 Å². The monoisotopic (exact) mass is 391 g/mol. The number of anilines is 1. The molecular formula is C22H21N3O4. The maximum Gasteiger partial charge on any atom is 0.221 e. The van der Waals surface area contributed by atoms with Crippen molar-refractivity contribution in [2.45, 2.75) is 0 Å². The van der Waals surface area contributed by atoms with Crippen LogP contribution in [0.1, 0.15) is 22.5 Å². The van der Waals surface area contributed by atoms with Gasteiger partial charge in [-0.3, -0.25) is 0 Å². The standard InChI is InChI=1S/C22H21N3O4/c1-28-20-11-14(5-9-18(20)26)3-7-16-13-17(25-22(23)24-16)8-4-15-6-10-19(27)21(12-15)29-2/h3-13,26-27H,1-2H3,(H2,23,24,25)/b7-3+,8-4+. The second-order valence-electron chi connectivity index (χ2n) is 6.11. The van der Waals surface area contributed by atoms with Gasteiger partial charge in [0.15, 0.2) is 23.0 Å². The van der Waals surface area contributed by atoms with Gasteiger partial charge in [-0.2, -0.15) is 0 Å². The Morgan fingerprint density at radius 2 is 1.17 bits per heavy atom. The molecule has 0 amide bonds. The number of phenols is 2. The number of nitrogens with zero attached hydrogens (tertiary/aromatic N) is 2. The van der Waals surface area contributed by atoms with Crippen molar-refractivity contribution in [2.75, 3.05) is 20.0 Å². The summed E-state index contributed by atoms with van der Waals surface area (Å²) >= 11 is 0. The summed E-state index contributed by atoms with van der Waals surface area (Å²) in [6.07, 6.45) is 7.26. The molecule has 1 aromatic heterocycles. The molecule has 1 heterocycles. The Kier molecular flexibility index (Phi) is 5.99. The summed E-state index contributed by atoms with van der Waals surface area (Å²) in [6.45, 7) is 0. The maximum atomic E-state index is 9.68. The van der Waals surface area contributed by atoms with E-state index in [0.717, 1.165) is 11.1 Å². The summed E-state index contributed by atoms with van der Waals surface area (Å²) in [5, 5.41) is 19.4. The molecule has 3 aromatic rings. The fraction of sp³-hybridized carbons (Fsp3) is 0.0909. The zero-order valence-corrected chi connectivity index (χ0v) is 16.0. The van der Waals surface area contributed by atoms with Gasteiger partial charge in [0.1, 0.15) is 0 Å². The van der Waals surface area contributed by atoms with E-state index in [0.29, 0.717) is 22.9 Å². The van der Waals surface area contributed by atoms with E-state index in [4.69, 9.17) is 15.2 Å². The summed E-state index contributed by atoms with van der Waals surface area (Å²) < 4.78 is 10.2. The largest absolute Gasteiger partial charge is 0.504 e. The van der Waals surface area contributed by atoms with Crippen molar-refractivity contribution in [2.24, 2.45) is 0 Å². The van der Waals surface area contributed by atoms with Gasteiger partial charge in [-0.1, -0.05) is 24.3 Å². The van der Waals surface area contributed by atoms with Gasteiger partial charge in [-0.25, -0.2) is 9.97 Å². The van der Waals surface area contributed by atoms with Crippen molar-refractivity contribution in [1.82, 2.24) is 9.97 Å². The lowest BCUT2D eigenvalue weighted by Crippen LogP contribution is -1.98. The Bertz CT molecular complexity index is 996. The van der Waals surface area contributed by atoms with Crippen molar-refractivity contribution < 1.29 is 19.7 Å². The van der Waals surface area contributed by atoms with E-state index in [9.17, 15) is 10.2 Å². The lowest BCUT2D eigenvalue weighted by atomic mass is 10.1. The van der Waals surface area contributed by atoms with Crippen molar-refractivity contribution in [1.29, 1.82) is 0 Å². The minimum absolute atomic E-state index is 0.0780. The van der Waals surface area contributed by atoms with Crippen LogP contribution in [0.25, 0.3) is 24.3 Å². The van der Waals surface area contributed by atoms with E-state index in [1.807, 2.05) is 12.2 Å². The van der Waals surface area contributed by atoms with Gasteiger partial charge in [0.05, 0.1) is 25.6 Å². The number of hydrogen-bond donors (Lipinski definition) is 3. The topological polar surface area (TPSA) is 111 Å². The first-order chi connectivity index (χ1) is 14.0. The van der Waals surface area contributed by atoms with Gasteiger partial charge >= 0.3 is 0 Å². The minimum Gasteiger partial charge on any atom is -0.504 e. The molecule has 0 bridgehead atoms. The molecule has 0 spiro atoms. The predicted octanol–water partition coefficient (Wildman–Crippen LogP) is 3.83. The van der Waals surface area contributed by atoms with E-state index < -0.39 is 0 Å². The maximum absolute atomic E-state index is 9.68. The van der Waals surface area contributed by atoms with Gasteiger partial charge < -0.3 is 25.4 Å². The molecule has 0 radical (unpaired) electrons. The number of rotatable bonds is 6. The number of methoxy groups -OCH3 is 2. The highest BCUT2D eigenvalue weighted by molar-refractivity contribution is 5.73. The first kappa shape index (κ1) is 19.8. The Hall–Kier alpha value is -4.00. The molecule has 0 saturated heterocycles. The quantitative estimate of drug-likeness (QED) is 0.586. The van der Waals surface area contributed by atoms with Crippen molar-refractivity contribution in [3.05, 3.63) is 65.0 Å². The second-order valence-corrected chi connectivity index (χ2v) is 6.11. The minimum atomic E-state index is 0.0780. The third-order valence-corrected chi connectivity index (χ3v) is 4.08. The van der Waals surface area contributed by atoms with E-state index in [-0.39, 0.29) is 17.4 Å². The lowest BCUT2D eigenvalue weighted by Gasteiger charge is -2.04. The predicted molar refractivity (Wildman–Crippen MR) is 114 cm³/mol. The van der Waals surface area contributed by atoms with Gasteiger partial charge in [0.25, 0.3) is 0 Å². The molecule has 3 rings (SSSR count). The number of ether oxygens (including phenoxy) is 2. The first-order valence-corrected chi connectivity index (χ1v) is 8.73. The molecule has 4 N–H and O–H groups in total. The van der Waals surface area contributed by atoms with Gasteiger partial charge in [-0.05, 0) is 53.6 Å². The van der Waals surface area contributed by atoms with Crippen LogP contribution in [0, 0.1) is 0 Å². The number of nitrogen functional groups attached to an aromatic ring is 1. The molecule has 7 heteroatoms. The number of aromatic nitrogens is 2.